The van der Waals surface area contributed by atoms with E-state index in [9.17, 15) is 9.59 Å². The summed E-state index contributed by atoms with van der Waals surface area (Å²) >= 11 is 0. The summed E-state index contributed by atoms with van der Waals surface area (Å²) < 4.78 is 2.01. The van der Waals surface area contributed by atoms with E-state index in [-0.39, 0.29) is 17.7 Å². The number of amides is 1. The van der Waals surface area contributed by atoms with Crippen LogP contribution >= 0.6 is 0 Å². The topological polar surface area (TPSA) is 55.2 Å². The summed E-state index contributed by atoms with van der Waals surface area (Å²) in [6, 6.07) is 11.6. The second-order valence-corrected chi connectivity index (χ2v) is 6.47. The Bertz CT molecular complexity index is 730. The van der Waals surface area contributed by atoms with Crippen LogP contribution in [0, 0.1) is 13.8 Å². The van der Waals surface area contributed by atoms with Crippen molar-refractivity contribution in [2.24, 2.45) is 0 Å². The van der Waals surface area contributed by atoms with Crippen molar-refractivity contribution in [3.05, 3.63) is 53.3 Å². The Kier molecular flexibility index (Phi) is 4.79. The molecule has 0 N–H and O–H groups in total. The van der Waals surface area contributed by atoms with E-state index in [2.05, 4.69) is 11.2 Å². The van der Waals surface area contributed by atoms with Crippen molar-refractivity contribution in [1.82, 2.24) is 14.7 Å². The minimum absolute atomic E-state index is 0.104. The molecule has 5 nitrogen and oxygen atoms in total. The molecule has 0 atom stereocenters. The van der Waals surface area contributed by atoms with Gasteiger partial charge < -0.3 is 4.90 Å². The molecule has 3 rings (SSSR count). The highest BCUT2D eigenvalue weighted by atomic mass is 16.2. The highest BCUT2D eigenvalue weighted by Crippen LogP contribution is 2.23. The molecule has 0 radical (unpaired) electrons. The van der Waals surface area contributed by atoms with E-state index >= 15 is 0 Å². The quantitative estimate of drug-likeness (QED) is 0.767. The van der Waals surface area contributed by atoms with E-state index in [0.717, 1.165) is 17.0 Å². The average Bonchev–Trinajstić information content (AvgIpc) is 2.85. The third-order valence-electron chi connectivity index (χ3n) is 4.50. The molecule has 1 aromatic heterocycles. The summed E-state index contributed by atoms with van der Waals surface area (Å²) in [6.07, 6.45) is 1.46. The Balaban J connectivity index is 1.41. The first-order valence-corrected chi connectivity index (χ1v) is 8.43. The van der Waals surface area contributed by atoms with Crippen LogP contribution in [0.2, 0.25) is 0 Å². The van der Waals surface area contributed by atoms with Gasteiger partial charge in [-0.3, -0.25) is 14.3 Å². The van der Waals surface area contributed by atoms with Crippen LogP contribution in [0.15, 0.2) is 36.4 Å². The highest BCUT2D eigenvalue weighted by molar-refractivity contribution is 5.96. The van der Waals surface area contributed by atoms with Gasteiger partial charge in [0.25, 0.3) is 0 Å². The minimum Gasteiger partial charge on any atom is -0.338 e. The highest BCUT2D eigenvalue weighted by Gasteiger charge is 2.32. The van der Waals surface area contributed by atoms with Crippen molar-refractivity contribution < 1.29 is 9.59 Å². The lowest BCUT2D eigenvalue weighted by Gasteiger charge is -2.39. The maximum Gasteiger partial charge on any atom is 0.222 e. The van der Waals surface area contributed by atoms with Gasteiger partial charge in [0.05, 0.1) is 11.7 Å². The molecular formula is C19H23N3O2. The standard InChI is InChI=1S/C19H23N3O2/c1-14-11-15(2)22(20-14)17-12-21(13-17)19(24)10-6-9-18(23)16-7-4-3-5-8-16/h3-5,7-8,11,17H,6,9-10,12-13H2,1-2H3. The molecule has 1 fully saturated rings. The summed E-state index contributed by atoms with van der Waals surface area (Å²) in [5.74, 6) is 0.237. The zero-order valence-corrected chi connectivity index (χ0v) is 14.2. The fraction of sp³-hybridized carbons (Fsp3) is 0.421. The first-order valence-electron chi connectivity index (χ1n) is 8.43. The summed E-state index contributed by atoms with van der Waals surface area (Å²) in [5.41, 5.74) is 2.87. The molecule has 2 aromatic rings. The Labute approximate surface area is 142 Å². The summed E-state index contributed by atoms with van der Waals surface area (Å²) in [5, 5.41) is 4.48. The van der Waals surface area contributed by atoms with Gasteiger partial charge in [-0.1, -0.05) is 30.3 Å². The molecule has 0 bridgehead atoms. The van der Waals surface area contributed by atoms with Crippen molar-refractivity contribution in [1.29, 1.82) is 0 Å². The largest absolute Gasteiger partial charge is 0.338 e. The van der Waals surface area contributed by atoms with Crippen LogP contribution in [-0.2, 0) is 4.79 Å². The lowest BCUT2D eigenvalue weighted by molar-refractivity contribution is -0.137. The maximum absolute atomic E-state index is 12.2. The number of ketones is 1. The first kappa shape index (κ1) is 16.4. The molecule has 1 saturated heterocycles. The molecule has 2 heterocycles. The molecule has 1 aliphatic rings. The Morgan fingerprint density at radius 3 is 2.46 bits per heavy atom. The number of likely N-dealkylation sites (tertiary alicyclic amines) is 1. The van der Waals surface area contributed by atoms with Crippen LogP contribution in [-0.4, -0.2) is 39.5 Å². The van der Waals surface area contributed by atoms with E-state index in [1.165, 1.54) is 0 Å². The number of nitrogens with zero attached hydrogens (tertiary/aromatic N) is 3. The lowest BCUT2D eigenvalue weighted by atomic mass is 10.0. The van der Waals surface area contributed by atoms with Crippen LogP contribution in [0.4, 0.5) is 0 Å². The molecule has 5 heteroatoms. The summed E-state index contributed by atoms with van der Waals surface area (Å²) in [7, 11) is 0. The molecule has 1 amide bonds. The third-order valence-corrected chi connectivity index (χ3v) is 4.50. The van der Waals surface area contributed by atoms with Gasteiger partial charge in [0, 0.05) is 37.2 Å². The van der Waals surface area contributed by atoms with Crippen molar-refractivity contribution in [3.63, 3.8) is 0 Å². The molecule has 0 spiro atoms. The number of rotatable bonds is 6. The minimum atomic E-state index is 0.104. The predicted molar refractivity (Wildman–Crippen MR) is 91.9 cm³/mol. The van der Waals surface area contributed by atoms with E-state index < -0.39 is 0 Å². The van der Waals surface area contributed by atoms with Crippen LogP contribution in [0.25, 0.3) is 0 Å². The lowest BCUT2D eigenvalue weighted by Crippen LogP contribution is -2.51. The van der Waals surface area contributed by atoms with Crippen molar-refractivity contribution >= 4 is 11.7 Å². The molecule has 0 unspecified atom stereocenters. The zero-order chi connectivity index (χ0) is 17.1. The van der Waals surface area contributed by atoms with Gasteiger partial charge >= 0.3 is 0 Å². The molecule has 24 heavy (non-hydrogen) atoms. The monoisotopic (exact) mass is 325 g/mol. The van der Waals surface area contributed by atoms with Crippen molar-refractivity contribution in [2.75, 3.05) is 13.1 Å². The molecular weight excluding hydrogens is 302 g/mol. The zero-order valence-electron chi connectivity index (χ0n) is 14.2. The number of benzene rings is 1. The molecule has 1 aromatic carbocycles. The number of aryl methyl sites for hydroxylation is 2. The molecule has 0 aliphatic carbocycles. The van der Waals surface area contributed by atoms with E-state index in [1.54, 1.807) is 0 Å². The molecule has 1 aliphatic heterocycles. The Morgan fingerprint density at radius 2 is 1.83 bits per heavy atom. The van der Waals surface area contributed by atoms with Gasteiger partial charge in [0.2, 0.25) is 5.91 Å². The van der Waals surface area contributed by atoms with Gasteiger partial charge in [-0.25, -0.2) is 0 Å². The fourth-order valence-electron chi connectivity index (χ4n) is 3.16. The van der Waals surface area contributed by atoms with E-state index in [4.69, 9.17) is 0 Å². The molecule has 126 valence electrons. The van der Waals surface area contributed by atoms with Crippen LogP contribution < -0.4 is 0 Å². The number of hydrogen-bond acceptors (Lipinski definition) is 3. The summed E-state index contributed by atoms with van der Waals surface area (Å²) in [6.45, 7) is 5.45. The summed E-state index contributed by atoms with van der Waals surface area (Å²) in [4.78, 5) is 26.1. The van der Waals surface area contributed by atoms with Gasteiger partial charge in [0.1, 0.15) is 0 Å². The number of carbonyl (C=O) groups is 2. The SMILES string of the molecule is Cc1cc(C)n(C2CN(C(=O)CCCC(=O)c3ccccc3)C2)n1. The predicted octanol–water partition coefficient (Wildman–Crippen LogP) is 2.94. The number of aromatic nitrogens is 2. The van der Waals surface area contributed by atoms with Crippen LogP contribution in [0.5, 0.6) is 0 Å². The van der Waals surface area contributed by atoms with Crippen molar-refractivity contribution in [2.45, 2.75) is 39.2 Å². The van der Waals surface area contributed by atoms with Gasteiger partial charge in [-0.2, -0.15) is 5.10 Å². The van der Waals surface area contributed by atoms with Crippen molar-refractivity contribution in [3.8, 4) is 0 Å². The third kappa shape index (κ3) is 3.55. The van der Waals surface area contributed by atoms with Gasteiger partial charge in [-0.15, -0.1) is 0 Å². The smallest absolute Gasteiger partial charge is 0.222 e. The van der Waals surface area contributed by atoms with Gasteiger partial charge in [0.15, 0.2) is 5.78 Å². The van der Waals surface area contributed by atoms with Crippen LogP contribution in [0.3, 0.4) is 0 Å². The second-order valence-electron chi connectivity index (χ2n) is 6.47. The number of hydrogen-bond donors (Lipinski definition) is 0. The molecule has 0 saturated carbocycles. The van der Waals surface area contributed by atoms with E-state index in [1.807, 2.05) is 53.8 Å². The van der Waals surface area contributed by atoms with Gasteiger partial charge in [-0.05, 0) is 26.3 Å². The number of carbonyl (C=O) groups excluding carboxylic acids is 2. The Hall–Kier alpha value is -2.43. The Morgan fingerprint density at radius 1 is 1.12 bits per heavy atom. The maximum atomic E-state index is 12.2. The van der Waals surface area contributed by atoms with E-state index in [0.29, 0.717) is 32.4 Å². The average molecular weight is 325 g/mol. The first-order chi connectivity index (χ1) is 11.5. The normalized spacial score (nSPS) is 14.5. The number of Topliss-reactive ketones (excluding diaryl/α,β-unsaturated/α-hetero) is 1. The van der Waals surface area contributed by atoms with Crippen LogP contribution in [0.1, 0.15) is 47.1 Å². The second kappa shape index (κ2) is 6.99. The fourth-order valence-corrected chi connectivity index (χ4v) is 3.16.